The molecule has 1 nitrogen and oxygen atoms in total. The van der Waals surface area contributed by atoms with Crippen LogP contribution in [0.2, 0.25) is 0 Å². The van der Waals surface area contributed by atoms with Crippen LogP contribution in [-0.2, 0) is 6.42 Å². The molecule has 0 aromatic heterocycles. The fourth-order valence-electron chi connectivity index (χ4n) is 2.26. The van der Waals surface area contributed by atoms with Crippen LogP contribution < -0.4 is 5.32 Å². The van der Waals surface area contributed by atoms with Gasteiger partial charge in [-0.25, -0.2) is 0 Å². The number of aryl methyl sites for hydroxylation is 2. The zero-order valence-electron chi connectivity index (χ0n) is 9.44. The first-order valence-electron chi connectivity index (χ1n) is 5.66. The summed E-state index contributed by atoms with van der Waals surface area (Å²) >= 11 is 3.58. The second kappa shape index (κ2) is 4.67. The molecule has 2 heteroatoms. The summed E-state index contributed by atoms with van der Waals surface area (Å²) < 4.78 is 1.23. The van der Waals surface area contributed by atoms with Crippen molar-refractivity contribution >= 4 is 15.9 Å². The Hall–Kier alpha value is -0.340. The Morgan fingerprint density at radius 1 is 1.33 bits per heavy atom. The van der Waals surface area contributed by atoms with E-state index >= 15 is 0 Å². The zero-order valence-corrected chi connectivity index (χ0v) is 11.0. The van der Waals surface area contributed by atoms with Crippen molar-refractivity contribution in [1.82, 2.24) is 5.32 Å². The van der Waals surface area contributed by atoms with Crippen molar-refractivity contribution in [3.8, 4) is 0 Å². The Kier molecular flexibility index (Phi) is 3.47. The molecule has 1 saturated heterocycles. The molecule has 0 amide bonds. The Bertz CT molecular complexity index is 354. The predicted molar refractivity (Wildman–Crippen MR) is 68.3 cm³/mol. The molecule has 0 radical (unpaired) electrons. The first-order chi connectivity index (χ1) is 7.16. The van der Waals surface area contributed by atoms with Crippen LogP contribution in [0.25, 0.3) is 0 Å². The minimum atomic E-state index is 0.698. The van der Waals surface area contributed by atoms with E-state index < -0.39 is 0 Å². The van der Waals surface area contributed by atoms with Crippen molar-refractivity contribution in [2.75, 3.05) is 6.54 Å². The van der Waals surface area contributed by atoms with Gasteiger partial charge in [-0.05, 0) is 62.4 Å². The summed E-state index contributed by atoms with van der Waals surface area (Å²) in [5.74, 6) is 0. The largest absolute Gasteiger partial charge is 0.314 e. The third-order valence-corrected chi connectivity index (χ3v) is 4.10. The van der Waals surface area contributed by atoms with Crippen LogP contribution in [0.15, 0.2) is 16.6 Å². The van der Waals surface area contributed by atoms with Gasteiger partial charge in [0.1, 0.15) is 0 Å². The average molecular weight is 268 g/mol. The Morgan fingerprint density at radius 3 is 2.80 bits per heavy atom. The van der Waals surface area contributed by atoms with Crippen LogP contribution in [0.4, 0.5) is 0 Å². The van der Waals surface area contributed by atoms with Crippen molar-refractivity contribution in [1.29, 1.82) is 0 Å². The minimum Gasteiger partial charge on any atom is -0.314 e. The van der Waals surface area contributed by atoms with E-state index in [9.17, 15) is 0 Å². The molecule has 0 aliphatic carbocycles. The Balaban J connectivity index is 2.16. The van der Waals surface area contributed by atoms with E-state index in [-0.39, 0.29) is 0 Å². The van der Waals surface area contributed by atoms with E-state index in [0.29, 0.717) is 6.04 Å². The maximum Gasteiger partial charge on any atom is 0.0207 e. The molecular weight excluding hydrogens is 250 g/mol. The highest BCUT2D eigenvalue weighted by Crippen LogP contribution is 2.23. The third-order valence-electron chi connectivity index (χ3n) is 3.25. The highest BCUT2D eigenvalue weighted by molar-refractivity contribution is 9.10. The molecule has 1 heterocycles. The van der Waals surface area contributed by atoms with Crippen LogP contribution in [0, 0.1) is 13.8 Å². The first-order valence-corrected chi connectivity index (χ1v) is 6.45. The normalized spacial score (nSPS) is 20.9. The van der Waals surface area contributed by atoms with Gasteiger partial charge in [-0.1, -0.05) is 22.0 Å². The SMILES string of the molecule is Cc1cc(CC2CCCN2)c(C)cc1Br. The van der Waals surface area contributed by atoms with Gasteiger partial charge in [0.15, 0.2) is 0 Å². The molecule has 1 unspecified atom stereocenters. The number of hydrogen-bond acceptors (Lipinski definition) is 1. The van der Waals surface area contributed by atoms with Gasteiger partial charge in [-0.3, -0.25) is 0 Å². The highest BCUT2D eigenvalue weighted by atomic mass is 79.9. The molecule has 0 bridgehead atoms. The van der Waals surface area contributed by atoms with E-state index in [1.807, 2.05) is 0 Å². The minimum absolute atomic E-state index is 0.698. The van der Waals surface area contributed by atoms with E-state index in [2.05, 4.69) is 47.2 Å². The lowest BCUT2D eigenvalue weighted by Crippen LogP contribution is -2.24. The number of nitrogens with one attached hydrogen (secondary N) is 1. The molecular formula is C13H18BrN. The molecule has 1 aromatic carbocycles. The maximum absolute atomic E-state index is 3.58. The van der Waals surface area contributed by atoms with Crippen molar-refractivity contribution in [2.45, 2.75) is 39.2 Å². The zero-order chi connectivity index (χ0) is 10.8. The molecule has 1 aliphatic heterocycles. The molecule has 1 aromatic rings. The molecule has 1 fully saturated rings. The van der Waals surface area contributed by atoms with Crippen LogP contribution in [-0.4, -0.2) is 12.6 Å². The molecule has 1 N–H and O–H groups in total. The summed E-state index contributed by atoms with van der Waals surface area (Å²) in [6.45, 7) is 5.56. The second-order valence-electron chi connectivity index (χ2n) is 4.53. The van der Waals surface area contributed by atoms with Gasteiger partial charge in [0.2, 0.25) is 0 Å². The highest BCUT2D eigenvalue weighted by Gasteiger charge is 2.15. The van der Waals surface area contributed by atoms with Gasteiger partial charge >= 0.3 is 0 Å². The fraction of sp³-hybridized carbons (Fsp3) is 0.538. The van der Waals surface area contributed by atoms with Crippen molar-refractivity contribution in [3.05, 3.63) is 33.3 Å². The smallest absolute Gasteiger partial charge is 0.0207 e. The molecule has 82 valence electrons. The van der Waals surface area contributed by atoms with Crippen LogP contribution in [0.3, 0.4) is 0 Å². The molecule has 1 aliphatic rings. The van der Waals surface area contributed by atoms with Gasteiger partial charge < -0.3 is 5.32 Å². The lowest BCUT2D eigenvalue weighted by atomic mass is 9.98. The Morgan fingerprint density at radius 2 is 2.13 bits per heavy atom. The molecule has 15 heavy (non-hydrogen) atoms. The number of halogens is 1. The number of hydrogen-bond donors (Lipinski definition) is 1. The third kappa shape index (κ3) is 2.61. The van der Waals surface area contributed by atoms with E-state index in [1.165, 1.54) is 47.0 Å². The molecule has 2 rings (SSSR count). The van der Waals surface area contributed by atoms with Crippen molar-refractivity contribution in [2.24, 2.45) is 0 Å². The monoisotopic (exact) mass is 267 g/mol. The fourth-order valence-corrected chi connectivity index (χ4v) is 2.71. The van der Waals surface area contributed by atoms with Gasteiger partial charge in [-0.2, -0.15) is 0 Å². The van der Waals surface area contributed by atoms with Gasteiger partial charge in [0.05, 0.1) is 0 Å². The number of rotatable bonds is 2. The van der Waals surface area contributed by atoms with E-state index in [4.69, 9.17) is 0 Å². The summed E-state index contributed by atoms with van der Waals surface area (Å²) in [5, 5.41) is 3.55. The summed E-state index contributed by atoms with van der Waals surface area (Å²) in [4.78, 5) is 0. The molecule has 0 spiro atoms. The second-order valence-corrected chi connectivity index (χ2v) is 5.38. The van der Waals surface area contributed by atoms with E-state index in [0.717, 1.165) is 0 Å². The van der Waals surface area contributed by atoms with Crippen molar-refractivity contribution < 1.29 is 0 Å². The maximum atomic E-state index is 3.58. The average Bonchev–Trinajstić information content (AvgIpc) is 2.67. The van der Waals surface area contributed by atoms with Crippen LogP contribution in [0.5, 0.6) is 0 Å². The van der Waals surface area contributed by atoms with Gasteiger partial charge in [-0.15, -0.1) is 0 Å². The van der Waals surface area contributed by atoms with E-state index in [1.54, 1.807) is 0 Å². The summed E-state index contributed by atoms with van der Waals surface area (Å²) in [5.41, 5.74) is 4.24. The van der Waals surface area contributed by atoms with Crippen molar-refractivity contribution in [3.63, 3.8) is 0 Å². The lowest BCUT2D eigenvalue weighted by molar-refractivity contribution is 0.601. The predicted octanol–water partition coefficient (Wildman–Crippen LogP) is 3.36. The van der Waals surface area contributed by atoms with Crippen LogP contribution >= 0.6 is 15.9 Å². The van der Waals surface area contributed by atoms with Crippen LogP contribution in [0.1, 0.15) is 29.5 Å². The quantitative estimate of drug-likeness (QED) is 0.867. The Labute approximate surface area is 100 Å². The summed E-state index contributed by atoms with van der Waals surface area (Å²) in [6, 6.07) is 5.25. The van der Waals surface area contributed by atoms with Gasteiger partial charge in [0, 0.05) is 10.5 Å². The lowest BCUT2D eigenvalue weighted by Gasteiger charge is -2.14. The summed E-state index contributed by atoms with van der Waals surface area (Å²) in [6.07, 6.45) is 3.84. The summed E-state index contributed by atoms with van der Waals surface area (Å²) in [7, 11) is 0. The standard InChI is InChI=1S/C13H18BrN/c1-9-7-13(14)10(2)6-11(9)8-12-4-3-5-15-12/h6-7,12,15H,3-5,8H2,1-2H3. The number of benzene rings is 1. The molecule has 0 saturated carbocycles. The first kappa shape index (κ1) is 11.2. The topological polar surface area (TPSA) is 12.0 Å². The van der Waals surface area contributed by atoms with Gasteiger partial charge in [0.25, 0.3) is 0 Å². The molecule has 1 atom stereocenters.